The van der Waals surface area contributed by atoms with E-state index in [1.165, 1.54) is 5.56 Å². The Balaban J connectivity index is 2.07. The fourth-order valence-electron chi connectivity index (χ4n) is 2.92. The highest BCUT2D eigenvalue weighted by Gasteiger charge is 2.29. The summed E-state index contributed by atoms with van der Waals surface area (Å²) < 4.78 is 0. The zero-order valence-electron chi connectivity index (χ0n) is 13.7. The molecule has 1 aromatic carbocycles. The van der Waals surface area contributed by atoms with Gasteiger partial charge in [0.25, 0.3) is 0 Å². The van der Waals surface area contributed by atoms with Gasteiger partial charge in [-0.1, -0.05) is 51.1 Å². The molecule has 0 radical (unpaired) electrons. The molecule has 0 aromatic heterocycles. The predicted octanol–water partition coefficient (Wildman–Crippen LogP) is 3.03. The lowest BCUT2D eigenvalue weighted by molar-refractivity contribution is -0.130. The van der Waals surface area contributed by atoms with Gasteiger partial charge < -0.3 is 10.2 Å². The van der Waals surface area contributed by atoms with E-state index in [0.29, 0.717) is 12.0 Å². The maximum atomic E-state index is 11.8. The maximum Gasteiger partial charge on any atom is 0.219 e. The van der Waals surface area contributed by atoms with E-state index < -0.39 is 0 Å². The van der Waals surface area contributed by atoms with Crippen LogP contribution in [0.2, 0.25) is 0 Å². The van der Waals surface area contributed by atoms with Crippen LogP contribution in [0.1, 0.15) is 45.6 Å². The topological polar surface area (TPSA) is 32.3 Å². The second-order valence-corrected chi connectivity index (χ2v) is 7.41. The molecule has 0 spiro atoms. The van der Waals surface area contributed by atoms with Crippen molar-refractivity contribution in [2.24, 2.45) is 5.41 Å². The predicted molar refractivity (Wildman–Crippen MR) is 87.3 cm³/mol. The molecule has 1 aromatic rings. The molecular weight excluding hydrogens is 260 g/mol. The van der Waals surface area contributed by atoms with Gasteiger partial charge in [0.05, 0.1) is 0 Å². The SMILES string of the molecule is CC(=O)N1CC(NCC(C)(C)C)CC(c2ccccc2)C1. The Kier molecular flexibility index (Phi) is 5.04. The van der Waals surface area contributed by atoms with Gasteiger partial charge >= 0.3 is 0 Å². The molecule has 1 heterocycles. The Bertz CT molecular complexity index is 464. The number of hydrogen-bond acceptors (Lipinski definition) is 2. The highest BCUT2D eigenvalue weighted by molar-refractivity contribution is 5.73. The molecule has 0 saturated carbocycles. The van der Waals surface area contributed by atoms with Crippen molar-refractivity contribution in [3.05, 3.63) is 35.9 Å². The molecule has 1 aliphatic rings. The summed E-state index contributed by atoms with van der Waals surface area (Å²) in [4.78, 5) is 13.8. The largest absolute Gasteiger partial charge is 0.341 e. The van der Waals surface area contributed by atoms with Crippen molar-refractivity contribution in [3.63, 3.8) is 0 Å². The summed E-state index contributed by atoms with van der Waals surface area (Å²) in [6.45, 7) is 11.0. The fraction of sp³-hybridized carbons (Fsp3) is 0.611. The Morgan fingerprint density at radius 3 is 2.48 bits per heavy atom. The van der Waals surface area contributed by atoms with Crippen LogP contribution in [0.4, 0.5) is 0 Å². The molecule has 2 rings (SSSR count). The fourth-order valence-corrected chi connectivity index (χ4v) is 2.92. The quantitative estimate of drug-likeness (QED) is 0.927. The number of likely N-dealkylation sites (tertiary alicyclic amines) is 1. The molecular formula is C18H28N2O. The molecule has 3 heteroatoms. The summed E-state index contributed by atoms with van der Waals surface area (Å²) in [5.74, 6) is 0.611. The van der Waals surface area contributed by atoms with Crippen LogP contribution in [0.25, 0.3) is 0 Å². The van der Waals surface area contributed by atoms with Crippen molar-refractivity contribution in [1.82, 2.24) is 10.2 Å². The molecule has 0 aliphatic carbocycles. The summed E-state index contributed by atoms with van der Waals surface area (Å²) in [7, 11) is 0. The zero-order valence-corrected chi connectivity index (χ0v) is 13.7. The van der Waals surface area contributed by atoms with Crippen LogP contribution in [-0.4, -0.2) is 36.5 Å². The van der Waals surface area contributed by atoms with E-state index in [1.54, 1.807) is 6.92 Å². The Hall–Kier alpha value is -1.35. The number of carbonyl (C=O) groups excluding carboxylic acids is 1. The van der Waals surface area contributed by atoms with Crippen molar-refractivity contribution in [3.8, 4) is 0 Å². The van der Waals surface area contributed by atoms with E-state index in [1.807, 2.05) is 11.0 Å². The van der Waals surface area contributed by atoms with Crippen LogP contribution in [0.5, 0.6) is 0 Å². The second kappa shape index (κ2) is 6.61. The average molecular weight is 288 g/mol. The van der Waals surface area contributed by atoms with Crippen LogP contribution in [-0.2, 0) is 4.79 Å². The maximum absolute atomic E-state index is 11.8. The van der Waals surface area contributed by atoms with Crippen LogP contribution < -0.4 is 5.32 Å². The van der Waals surface area contributed by atoms with Crippen LogP contribution in [0, 0.1) is 5.41 Å². The van der Waals surface area contributed by atoms with Crippen molar-refractivity contribution in [2.75, 3.05) is 19.6 Å². The molecule has 21 heavy (non-hydrogen) atoms. The molecule has 116 valence electrons. The molecule has 2 unspecified atom stereocenters. The highest BCUT2D eigenvalue weighted by Crippen LogP contribution is 2.27. The first-order valence-corrected chi connectivity index (χ1v) is 7.89. The highest BCUT2D eigenvalue weighted by atomic mass is 16.2. The summed E-state index contributed by atoms with van der Waals surface area (Å²) in [6, 6.07) is 10.9. The van der Waals surface area contributed by atoms with Gasteiger partial charge in [-0.15, -0.1) is 0 Å². The lowest BCUT2D eigenvalue weighted by Gasteiger charge is -2.39. The number of rotatable bonds is 3. The van der Waals surface area contributed by atoms with Crippen LogP contribution >= 0.6 is 0 Å². The van der Waals surface area contributed by atoms with Crippen molar-refractivity contribution < 1.29 is 4.79 Å². The van der Waals surface area contributed by atoms with E-state index >= 15 is 0 Å². The minimum atomic E-state index is 0.179. The van der Waals surface area contributed by atoms with E-state index in [4.69, 9.17) is 0 Å². The van der Waals surface area contributed by atoms with Gasteiger partial charge in [0.2, 0.25) is 5.91 Å². The summed E-state index contributed by atoms with van der Waals surface area (Å²) in [5.41, 5.74) is 1.60. The van der Waals surface area contributed by atoms with Gasteiger partial charge in [-0.2, -0.15) is 0 Å². The Labute approximate surface area is 128 Å². The normalized spacial score (nSPS) is 23.1. The molecule has 1 N–H and O–H groups in total. The van der Waals surface area contributed by atoms with Crippen molar-refractivity contribution >= 4 is 5.91 Å². The lowest BCUT2D eigenvalue weighted by Crippen LogP contribution is -2.51. The van der Waals surface area contributed by atoms with Gasteiger partial charge in [-0.3, -0.25) is 4.79 Å². The van der Waals surface area contributed by atoms with Gasteiger partial charge in [-0.25, -0.2) is 0 Å². The third-order valence-corrected chi connectivity index (χ3v) is 4.09. The number of piperidine rings is 1. The molecule has 1 amide bonds. The number of nitrogens with zero attached hydrogens (tertiary/aromatic N) is 1. The summed E-state index contributed by atoms with van der Waals surface area (Å²) in [5, 5.41) is 3.65. The number of nitrogens with one attached hydrogen (secondary N) is 1. The first-order valence-electron chi connectivity index (χ1n) is 7.89. The van der Waals surface area contributed by atoms with Gasteiger partial charge in [0.15, 0.2) is 0 Å². The molecule has 1 aliphatic heterocycles. The Morgan fingerprint density at radius 2 is 1.90 bits per heavy atom. The second-order valence-electron chi connectivity index (χ2n) is 7.41. The first kappa shape index (κ1) is 16.0. The number of amides is 1. The minimum absolute atomic E-state index is 0.179. The van der Waals surface area contributed by atoms with E-state index in [0.717, 1.165) is 26.1 Å². The van der Waals surface area contributed by atoms with Crippen LogP contribution in [0.15, 0.2) is 30.3 Å². The smallest absolute Gasteiger partial charge is 0.219 e. The van der Waals surface area contributed by atoms with E-state index in [9.17, 15) is 4.79 Å². The van der Waals surface area contributed by atoms with Crippen molar-refractivity contribution in [2.45, 2.75) is 46.1 Å². The number of hydrogen-bond donors (Lipinski definition) is 1. The van der Waals surface area contributed by atoms with Crippen LogP contribution in [0.3, 0.4) is 0 Å². The third kappa shape index (κ3) is 4.85. The number of carbonyl (C=O) groups is 1. The summed E-state index contributed by atoms with van der Waals surface area (Å²) >= 11 is 0. The minimum Gasteiger partial charge on any atom is -0.341 e. The van der Waals surface area contributed by atoms with Gasteiger partial charge in [0.1, 0.15) is 0 Å². The Morgan fingerprint density at radius 1 is 1.24 bits per heavy atom. The monoisotopic (exact) mass is 288 g/mol. The lowest BCUT2D eigenvalue weighted by atomic mass is 9.87. The van der Waals surface area contributed by atoms with E-state index in [2.05, 4.69) is 50.4 Å². The standard InChI is InChI=1S/C18H28N2O/c1-14(21)20-11-16(15-8-6-5-7-9-15)10-17(12-20)19-13-18(2,3)4/h5-9,16-17,19H,10-13H2,1-4H3. The summed E-state index contributed by atoms with van der Waals surface area (Å²) in [6.07, 6.45) is 1.10. The molecule has 2 atom stereocenters. The molecule has 0 bridgehead atoms. The van der Waals surface area contributed by atoms with Gasteiger partial charge in [0, 0.05) is 38.5 Å². The van der Waals surface area contributed by atoms with Crippen molar-refractivity contribution in [1.29, 1.82) is 0 Å². The third-order valence-electron chi connectivity index (χ3n) is 4.09. The van der Waals surface area contributed by atoms with Gasteiger partial charge in [-0.05, 0) is 17.4 Å². The van der Waals surface area contributed by atoms with E-state index in [-0.39, 0.29) is 11.3 Å². The number of benzene rings is 1. The molecule has 3 nitrogen and oxygen atoms in total. The first-order chi connectivity index (χ1) is 9.85. The molecule has 1 fully saturated rings. The molecule has 1 saturated heterocycles. The average Bonchev–Trinajstić information content (AvgIpc) is 2.45. The zero-order chi connectivity index (χ0) is 15.5.